The van der Waals surface area contributed by atoms with Gasteiger partial charge < -0.3 is 0 Å². The van der Waals surface area contributed by atoms with Crippen LogP contribution in [0.2, 0.25) is 10.0 Å². The predicted octanol–water partition coefficient (Wildman–Crippen LogP) is 3.86. The van der Waals surface area contributed by atoms with Crippen LogP contribution in [0.1, 0.15) is 35.3 Å². The van der Waals surface area contributed by atoms with E-state index in [1.807, 2.05) is 18.1 Å². The molecule has 1 aliphatic carbocycles. The third-order valence-electron chi connectivity index (χ3n) is 5.25. The molecule has 132 valence electrons. The van der Waals surface area contributed by atoms with Crippen LogP contribution in [0.5, 0.6) is 0 Å². The fourth-order valence-corrected chi connectivity index (χ4v) is 4.49. The van der Waals surface area contributed by atoms with E-state index in [-0.39, 0.29) is 5.91 Å². The molecule has 5 nitrogen and oxygen atoms in total. The Morgan fingerprint density at radius 3 is 2.64 bits per heavy atom. The Balaban J connectivity index is 1.51. The first-order valence-corrected chi connectivity index (χ1v) is 9.34. The van der Waals surface area contributed by atoms with Crippen molar-refractivity contribution in [2.45, 2.75) is 26.2 Å². The second-order valence-corrected chi connectivity index (χ2v) is 7.84. The zero-order chi connectivity index (χ0) is 17.6. The Kier molecular flexibility index (Phi) is 4.48. The summed E-state index contributed by atoms with van der Waals surface area (Å²) in [5, 5.41) is 7.54. The fourth-order valence-electron chi connectivity index (χ4n) is 4.00. The summed E-state index contributed by atoms with van der Waals surface area (Å²) in [6.45, 7) is 3.76. The van der Waals surface area contributed by atoms with Crippen molar-refractivity contribution < 1.29 is 4.79 Å². The maximum Gasteiger partial charge on any atom is 0.286 e. The molecule has 2 aromatic rings. The summed E-state index contributed by atoms with van der Waals surface area (Å²) in [6.07, 6.45) is 5.69. The van der Waals surface area contributed by atoms with Crippen LogP contribution >= 0.6 is 23.2 Å². The van der Waals surface area contributed by atoms with Gasteiger partial charge in [0.15, 0.2) is 5.69 Å². The number of hydrogen-bond acceptors (Lipinski definition) is 3. The summed E-state index contributed by atoms with van der Waals surface area (Å²) < 4.78 is 1.63. The minimum atomic E-state index is -0.165. The van der Waals surface area contributed by atoms with Gasteiger partial charge in [0, 0.05) is 29.9 Å². The molecule has 2 heterocycles. The van der Waals surface area contributed by atoms with E-state index in [4.69, 9.17) is 23.2 Å². The van der Waals surface area contributed by atoms with Gasteiger partial charge in [-0.05, 0) is 49.8 Å². The van der Waals surface area contributed by atoms with Crippen LogP contribution in [-0.2, 0) is 0 Å². The Morgan fingerprint density at radius 1 is 1.24 bits per heavy atom. The van der Waals surface area contributed by atoms with Crippen LogP contribution in [0.25, 0.3) is 5.69 Å². The number of benzene rings is 1. The molecular weight excluding hydrogens is 359 g/mol. The third-order valence-corrected chi connectivity index (χ3v) is 5.79. The highest BCUT2D eigenvalue weighted by atomic mass is 35.5. The molecule has 7 heteroatoms. The number of amides is 1. The van der Waals surface area contributed by atoms with E-state index >= 15 is 0 Å². The van der Waals surface area contributed by atoms with E-state index in [2.05, 4.69) is 10.5 Å². The summed E-state index contributed by atoms with van der Waals surface area (Å²) in [7, 11) is 0. The van der Waals surface area contributed by atoms with E-state index in [0.717, 1.165) is 30.5 Å². The molecule has 2 aliphatic rings. The van der Waals surface area contributed by atoms with Crippen LogP contribution in [-0.4, -0.2) is 33.8 Å². The second-order valence-electron chi connectivity index (χ2n) is 7.00. The highest BCUT2D eigenvalue weighted by Gasteiger charge is 2.37. The lowest BCUT2D eigenvalue weighted by atomic mass is 10.0. The molecule has 2 fully saturated rings. The van der Waals surface area contributed by atoms with Crippen LogP contribution in [0.15, 0.2) is 24.4 Å². The molecule has 1 amide bonds. The topological polar surface area (TPSA) is 50.2 Å². The Bertz CT molecular complexity index is 807. The van der Waals surface area contributed by atoms with E-state index in [0.29, 0.717) is 21.4 Å². The van der Waals surface area contributed by atoms with Gasteiger partial charge in [0.25, 0.3) is 5.91 Å². The van der Waals surface area contributed by atoms with E-state index in [1.165, 1.54) is 19.3 Å². The lowest BCUT2D eigenvalue weighted by Crippen LogP contribution is -2.41. The first-order chi connectivity index (χ1) is 12.0. The molecule has 1 aliphatic heterocycles. The van der Waals surface area contributed by atoms with Gasteiger partial charge in [-0.25, -0.2) is 9.69 Å². The average Bonchev–Trinajstić information content (AvgIpc) is 3.21. The van der Waals surface area contributed by atoms with Crippen LogP contribution in [0, 0.1) is 18.8 Å². The zero-order valence-electron chi connectivity index (χ0n) is 14.0. The van der Waals surface area contributed by atoms with Crippen molar-refractivity contribution in [1.82, 2.24) is 20.2 Å². The molecule has 1 aromatic heterocycles. The number of hydrogen-bond donors (Lipinski definition) is 1. The number of nitrogens with zero attached hydrogens (tertiary/aromatic N) is 3. The number of halogens is 2. The zero-order valence-corrected chi connectivity index (χ0v) is 15.5. The summed E-state index contributed by atoms with van der Waals surface area (Å²) in [5.74, 6) is 1.29. The van der Waals surface area contributed by atoms with E-state index in [9.17, 15) is 4.79 Å². The van der Waals surface area contributed by atoms with Gasteiger partial charge in [0.05, 0.1) is 10.7 Å². The number of fused-ring (bicyclic) bond motifs is 1. The van der Waals surface area contributed by atoms with Gasteiger partial charge in [-0.2, -0.15) is 5.10 Å². The third kappa shape index (κ3) is 3.28. The number of hydrazine groups is 1. The Hall–Kier alpha value is -1.56. The van der Waals surface area contributed by atoms with Crippen molar-refractivity contribution in [3.8, 4) is 5.69 Å². The number of aromatic nitrogens is 2. The molecule has 25 heavy (non-hydrogen) atoms. The number of carbonyl (C=O) groups excluding carboxylic acids is 1. The van der Waals surface area contributed by atoms with Crippen LogP contribution in [0.4, 0.5) is 0 Å². The minimum absolute atomic E-state index is 0.165. The molecule has 1 saturated carbocycles. The van der Waals surface area contributed by atoms with Crippen LogP contribution < -0.4 is 5.43 Å². The monoisotopic (exact) mass is 378 g/mol. The summed E-state index contributed by atoms with van der Waals surface area (Å²) in [5.41, 5.74) is 4.94. The highest BCUT2D eigenvalue weighted by molar-refractivity contribution is 6.35. The van der Waals surface area contributed by atoms with Gasteiger partial charge in [-0.1, -0.05) is 29.6 Å². The fraction of sp³-hybridized carbons (Fsp3) is 0.444. The van der Waals surface area contributed by atoms with Gasteiger partial charge in [0.2, 0.25) is 0 Å². The normalized spacial score (nSPS) is 23.0. The molecule has 1 N–H and O–H groups in total. The molecule has 0 radical (unpaired) electrons. The molecule has 2 atom stereocenters. The highest BCUT2D eigenvalue weighted by Crippen LogP contribution is 2.37. The molecule has 0 spiro atoms. The van der Waals surface area contributed by atoms with Crippen molar-refractivity contribution >= 4 is 29.1 Å². The van der Waals surface area contributed by atoms with Crippen molar-refractivity contribution in [2.75, 3.05) is 13.1 Å². The largest absolute Gasteiger partial charge is 0.286 e. The summed E-state index contributed by atoms with van der Waals surface area (Å²) >= 11 is 12.2. The van der Waals surface area contributed by atoms with Crippen molar-refractivity contribution in [3.63, 3.8) is 0 Å². The molecule has 1 aromatic carbocycles. The van der Waals surface area contributed by atoms with Crippen LogP contribution in [0.3, 0.4) is 0 Å². The van der Waals surface area contributed by atoms with Crippen molar-refractivity contribution in [2.24, 2.45) is 11.8 Å². The quantitative estimate of drug-likeness (QED) is 0.881. The number of rotatable bonds is 3. The average molecular weight is 379 g/mol. The summed E-state index contributed by atoms with van der Waals surface area (Å²) in [4.78, 5) is 12.6. The van der Waals surface area contributed by atoms with Gasteiger partial charge in [0.1, 0.15) is 0 Å². The van der Waals surface area contributed by atoms with Crippen molar-refractivity contribution in [1.29, 1.82) is 0 Å². The summed E-state index contributed by atoms with van der Waals surface area (Å²) in [6, 6.07) is 5.21. The van der Waals surface area contributed by atoms with E-state index < -0.39 is 0 Å². The SMILES string of the molecule is Cc1cn(-c2ccc(Cl)cc2Cl)nc1C(=O)NN1CC2CCCC2C1. The Morgan fingerprint density at radius 2 is 1.96 bits per heavy atom. The molecule has 2 unspecified atom stereocenters. The lowest BCUT2D eigenvalue weighted by molar-refractivity contribution is 0.0808. The molecule has 1 saturated heterocycles. The van der Waals surface area contributed by atoms with Crippen molar-refractivity contribution in [3.05, 3.63) is 45.7 Å². The first kappa shape index (κ1) is 16.9. The maximum absolute atomic E-state index is 12.6. The lowest BCUT2D eigenvalue weighted by Gasteiger charge is -2.17. The number of aryl methyl sites for hydroxylation is 1. The van der Waals surface area contributed by atoms with Gasteiger partial charge >= 0.3 is 0 Å². The number of carbonyl (C=O) groups is 1. The maximum atomic E-state index is 12.6. The van der Waals surface area contributed by atoms with Gasteiger partial charge in [-0.3, -0.25) is 10.2 Å². The molecule has 0 bridgehead atoms. The standard InChI is InChI=1S/C18H20Cl2N4O/c1-11-8-24(16-6-5-14(19)7-15(16)20)21-17(11)18(25)22-23-9-12-3-2-4-13(12)10-23/h5-8,12-13H,2-4,9-10H2,1H3,(H,22,25). The predicted molar refractivity (Wildman–Crippen MR) is 98.2 cm³/mol. The first-order valence-electron chi connectivity index (χ1n) is 8.59. The smallest absolute Gasteiger partial charge is 0.283 e. The molecular formula is C18H20Cl2N4O. The van der Waals surface area contributed by atoms with E-state index in [1.54, 1.807) is 22.9 Å². The minimum Gasteiger partial charge on any atom is -0.283 e. The second kappa shape index (κ2) is 6.63. The Labute approximate surface area is 156 Å². The molecule has 4 rings (SSSR count). The van der Waals surface area contributed by atoms with Gasteiger partial charge in [-0.15, -0.1) is 0 Å². The number of nitrogens with one attached hydrogen (secondary N) is 1.